The predicted molar refractivity (Wildman–Crippen MR) is 55.0 cm³/mol. The predicted octanol–water partition coefficient (Wildman–Crippen LogP) is -0.159. The number of carbonyl (C=O) groups excluding carboxylic acids is 2. The second kappa shape index (κ2) is 10.6. The summed E-state index contributed by atoms with van der Waals surface area (Å²) >= 11 is 0. The number of allylic oxidation sites excluding steroid dienone is 4. The van der Waals surface area contributed by atoms with E-state index >= 15 is 0 Å². The van der Waals surface area contributed by atoms with Crippen molar-refractivity contribution in [1.82, 2.24) is 0 Å². The van der Waals surface area contributed by atoms with Gasteiger partial charge >= 0.3 is 51.7 Å². The van der Waals surface area contributed by atoms with Crippen molar-refractivity contribution >= 4 is 57.0 Å². The first-order valence-electron chi connectivity index (χ1n) is 4.29. The Morgan fingerprint density at radius 3 is 1.33 bits per heavy atom. The van der Waals surface area contributed by atoms with E-state index in [-0.39, 0.29) is 63.1 Å². The molecule has 0 amide bonds. The van der Waals surface area contributed by atoms with Crippen LogP contribution in [0.1, 0.15) is 20.8 Å². The number of hydrogen-bond donors (Lipinski definition) is 0. The van der Waals surface area contributed by atoms with Crippen molar-refractivity contribution in [2.24, 2.45) is 0 Å². The van der Waals surface area contributed by atoms with E-state index in [1.54, 1.807) is 0 Å². The maximum absolute atomic E-state index is 11.3. The molecule has 0 aliphatic heterocycles. The monoisotopic (exact) mass is 340 g/mol. The van der Waals surface area contributed by atoms with E-state index in [9.17, 15) is 33.0 Å². The Bertz CT molecular complexity index is 338. The third-order valence-corrected chi connectivity index (χ3v) is 1.02. The van der Waals surface area contributed by atoms with Crippen LogP contribution in [-0.2, 0) is 9.59 Å². The number of alkyl halides is 3. The molecular formula is C10H11F3O4Sr. The second-order valence-electron chi connectivity index (χ2n) is 2.98. The summed E-state index contributed by atoms with van der Waals surface area (Å²) < 4.78 is 33.8. The van der Waals surface area contributed by atoms with Gasteiger partial charge < -0.3 is 10.2 Å². The van der Waals surface area contributed by atoms with Crippen LogP contribution in [0.25, 0.3) is 0 Å². The van der Waals surface area contributed by atoms with Gasteiger partial charge in [-0.15, -0.1) is 11.5 Å². The molecule has 0 saturated heterocycles. The molecule has 0 fully saturated rings. The zero-order valence-electron chi connectivity index (χ0n) is 10.1. The largest absolute Gasteiger partial charge is 2.00 e. The first-order chi connectivity index (χ1) is 7.46. The fraction of sp³-hybridized carbons (Fsp3) is 0.400. The third-order valence-electron chi connectivity index (χ3n) is 1.02. The van der Waals surface area contributed by atoms with Crippen LogP contribution in [0.3, 0.4) is 0 Å². The Hall–Kier alpha value is -0.309. The number of halogens is 3. The van der Waals surface area contributed by atoms with Crippen molar-refractivity contribution < 1.29 is 33.0 Å². The molecular weight excluding hydrogens is 329 g/mol. The standard InChI is InChI=1S/C5H5F3O2.C5H8O2.Sr/c1-3(9)2-4(10)5(6,7)8;1-4(6)3-5(2)7;/h2,9H,1H3;3,6H,1-2H3;/q;;+2/p-2/b3-2-;4-3-;. The quantitative estimate of drug-likeness (QED) is 0.398. The summed E-state index contributed by atoms with van der Waals surface area (Å²) in [4.78, 5) is 19.9. The molecule has 8 heteroatoms. The van der Waals surface area contributed by atoms with E-state index in [0.29, 0.717) is 0 Å². The van der Waals surface area contributed by atoms with Crippen molar-refractivity contribution in [2.45, 2.75) is 26.9 Å². The van der Waals surface area contributed by atoms with Crippen LogP contribution in [0.5, 0.6) is 0 Å². The molecule has 0 aromatic carbocycles. The van der Waals surface area contributed by atoms with Gasteiger partial charge in [0.25, 0.3) is 5.78 Å². The van der Waals surface area contributed by atoms with Crippen molar-refractivity contribution in [1.29, 1.82) is 0 Å². The van der Waals surface area contributed by atoms with E-state index in [2.05, 4.69) is 0 Å². The molecule has 0 saturated carbocycles. The maximum atomic E-state index is 11.3. The molecule has 0 spiro atoms. The molecule has 0 unspecified atom stereocenters. The number of carbonyl (C=O) groups is 2. The average molecular weight is 340 g/mol. The summed E-state index contributed by atoms with van der Waals surface area (Å²) in [6.45, 7) is 3.58. The molecule has 0 bridgehead atoms. The smallest absolute Gasteiger partial charge is 0.876 e. The van der Waals surface area contributed by atoms with Crippen molar-refractivity contribution in [2.75, 3.05) is 0 Å². The first kappa shape index (κ1) is 22.8. The van der Waals surface area contributed by atoms with Gasteiger partial charge in [-0.2, -0.15) is 13.2 Å². The number of hydrogen-bond acceptors (Lipinski definition) is 4. The Balaban J connectivity index is -0.000000251. The molecule has 0 aromatic heterocycles. The average Bonchev–Trinajstić information content (AvgIpc) is 1.98. The zero-order valence-corrected chi connectivity index (χ0v) is 13.6. The van der Waals surface area contributed by atoms with Gasteiger partial charge in [-0.05, 0) is 19.1 Å². The number of ketones is 2. The van der Waals surface area contributed by atoms with E-state index in [0.717, 1.165) is 13.0 Å². The van der Waals surface area contributed by atoms with E-state index in [4.69, 9.17) is 0 Å². The minimum atomic E-state index is -4.92. The van der Waals surface area contributed by atoms with E-state index in [1.807, 2.05) is 0 Å². The zero-order chi connectivity index (χ0) is 14.2. The first-order valence-corrected chi connectivity index (χ1v) is 4.29. The van der Waals surface area contributed by atoms with Crippen LogP contribution in [-0.4, -0.2) is 63.2 Å². The van der Waals surface area contributed by atoms with Crippen molar-refractivity contribution in [3.8, 4) is 0 Å². The topological polar surface area (TPSA) is 80.3 Å². The normalized spacial score (nSPS) is 11.9. The Morgan fingerprint density at radius 1 is 0.944 bits per heavy atom. The minimum absolute atomic E-state index is 0. The molecule has 0 heterocycles. The molecule has 0 aromatic rings. The van der Waals surface area contributed by atoms with Crippen LogP contribution in [0.4, 0.5) is 13.2 Å². The SMILES string of the molecule is C/C([O-])=C/C(=O)C(F)(F)F.CC(=O)/C=C(/C)[O-].[Sr+2]. The summed E-state index contributed by atoms with van der Waals surface area (Å²) in [6, 6.07) is 0. The minimum Gasteiger partial charge on any atom is -0.876 e. The molecule has 0 aliphatic carbocycles. The third kappa shape index (κ3) is 18.1. The Labute approximate surface area is 139 Å². The van der Waals surface area contributed by atoms with Gasteiger partial charge in [-0.25, -0.2) is 0 Å². The van der Waals surface area contributed by atoms with Crippen LogP contribution < -0.4 is 10.2 Å². The molecule has 0 N–H and O–H groups in total. The van der Waals surface area contributed by atoms with Gasteiger partial charge in [0, 0.05) is 0 Å². The summed E-state index contributed by atoms with van der Waals surface area (Å²) in [6.07, 6.45) is -3.86. The van der Waals surface area contributed by atoms with Crippen LogP contribution >= 0.6 is 0 Å². The Morgan fingerprint density at radius 2 is 1.28 bits per heavy atom. The summed E-state index contributed by atoms with van der Waals surface area (Å²) in [5.74, 6) is -3.39. The van der Waals surface area contributed by atoms with Gasteiger partial charge in [0.2, 0.25) is 0 Å². The molecule has 4 nitrogen and oxygen atoms in total. The van der Waals surface area contributed by atoms with Gasteiger partial charge in [0.1, 0.15) is 0 Å². The molecule has 0 atom stereocenters. The molecule has 0 radical (unpaired) electrons. The summed E-state index contributed by atoms with van der Waals surface area (Å²) in [5, 5.41) is 19.9. The van der Waals surface area contributed by atoms with Gasteiger partial charge in [-0.1, -0.05) is 13.8 Å². The molecule has 18 heavy (non-hydrogen) atoms. The van der Waals surface area contributed by atoms with Crippen LogP contribution in [0, 0.1) is 0 Å². The van der Waals surface area contributed by atoms with Gasteiger partial charge in [-0.3, -0.25) is 9.59 Å². The molecule has 0 rings (SSSR count). The fourth-order valence-electron chi connectivity index (χ4n) is 0.553. The van der Waals surface area contributed by atoms with Crippen LogP contribution in [0.15, 0.2) is 23.7 Å². The van der Waals surface area contributed by atoms with Gasteiger partial charge in [0.05, 0.1) is 0 Å². The molecule has 0 aliphatic rings. The van der Waals surface area contributed by atoms with Crippen molar-refractivity contribution in [3.63, 3.8) is 0 Å². The van der Waals surface area contributed by atoms with E-state index in [1.165, 1.54) is 13.8 Å². The van der Waals surface area contributed by atoms with Crippen molar-refractivity contribution in [3.05, 3.63) is 23.7 Å². The number of rotatable bonds is 2. The Kier molecular flexibility index (Phi) is 13.4. The summed E-state index contributed by atoms with van der Waals surface area (Å²) in [7, 11) is 0. The fourth-order valence-corrected chi connectivity index (χ4v) is 0.553. The van der Waals surface area contributed by atoms with Crippen LogP contribution in [0.2, 0.25) is 0 Å². The molecule has 98 valence electrons. The second-order valence-corrected chi connectivity index (χ2v) is 2.98. The maximum Gasteiger partial charge on any atom is 2.00 e. The van der Waals surface area contributed by atoms with Gasteiger partial charge in [0.15, 0.2) is 5.78 Å². The van der Waals surface area contributed by atoms with E-state index < -0.39 is 17.7 Å². The summed E-state index contributed by atoms with van der Waals surface area (Å²) in [5.41, 5.74) is 0.